The summed E-state index contributed by atoms with van der Waals surface area (Å²) in [4.78, 5) is 13.2. The second-order valence-corrected chi connectivity index (χ2v) is 6.44. The number of carbonyl (C=O) groups excluding carboxylic acids is 1. The Morgan fingerprint density at radius 1 is 1.16 bits per heavy atom. The molecule has 6 heteroatoms. The molecule has 2 N–H and O–H groups in total. The second-order valence-electron chi connectivity index (χ2n) is 6.44. The number of hydrogen-bond donors (Lipinski definition) is 2. The molecule has 0 saturated heterocycles. The molecular weight excluding hydrogens is 329 g/mol. The minimum Gasteiger partial charge on any atom is -0.323 e. The fourth-order valence-electron chi connectivity index (χ4n) is 3.46. The Morgan fingerprint density at radius 2 is 1.92 bits per heavy atom. The van der Waals surface area contributed by atoms with Gasteiger partial charge in [-0.15, -0.1) is 0 Å². The van der Waals surface area contributed by atoms with Gasteiger partial charge in [0.15, 0.2) is 24.0 Å². The van der Waals surface area contributed by atoms with Crippen molar-refractivity contribution in [2.24, 2.45) is 0 Å². The first kappa shape index (κ1) is 17.5. The molecule has 132 valence electrons. The van der Waals surface area contributed by atoms with Crippen molar-refractivity contribution >= 4 is 11.6 Å². The van der Waals surface area contributed by atoms with Crippen LogP contribution in [0.4, 0.5) is 18.9 Å². The Kier molecular flexibility index (Phi) is 5.08. The zero-order valence-electron chi connectivity index (χ0n) is 13.9. The van der Waals surface area contributed by atoms with Crippen LogP contribution in [0, 0.1) is 17.5 Å². The molecule has 25 heavy (non-hydrogen) atoms. The van der Waals surface area contributed by atoms with Crippen LogP contribution in [0.25, 0.3) is 0 Å². The van der Waals surface area contributed by atoms with E-state index in [4.69, 9.17) is 0 Å². The number of aryl methyl sites for hydroxylation is 1. The molecule has 0 aliphatic heterocycles. The molecule has 1 unspecified atom stereocenters. The number of halogens is 3. The molecule has 1 aliphatic carbocycles. The van der Waals surface area contributed by atoms with Crippen molar-refractivity contribution < 1.29 is 22.9 Å². The predicted molar refractivity (Wildman–Crippen MR) is 88.8 cm³/mol. The number of benzene rings is 2. The number of amides is 1. The van der Waals surface area contributed by atoms with Gasteiger partial charge < -0.3 is 10.2 Å². The van der Waals surface area contributed by atoms with Crippen LogP contribution in [-0.2, 0) is 11.2 Å². The molecule has 0 heterocycles. The summed E-state index contributed by atoms with van der Waals surface area (Å²) in [6.45, 7) is 0.109. The fourth-order valence-corrected chi connectivity index (χ4v) is 3.46. The summed E-state index contributed by atoms with van der Waals surface area (Å²) in [5.74, 6) is -4.68. The maximum Gasteiger partial charge on any atom is 0.279 e. The van der Waals surface area contributed by atoms with Crippen molar-refractivity contribution in [2.75, 3.05) is 18.9 Å². The average molecular weight is 349 g/mol. The summed E-state index contributed by atoms with van der Waals surface area (Å²) in [6.07, 6.45) is 3.06. The molecule has 1 amide bonds. The monoisotopic (exact) mass is 349 g/mol. The Hall–Kier alpha value is -2.34. The van der Waals surface area contributed by atoms with Crippen molar-refractivity contribution in [1.82, 2.24) is 0 Å². The normalized spacial score (nSPS) is 17.7. The quantitative estimate of drug-likeness (QED) is 0.818. The summed E-state index contributed by atoms with van der Waals surface area (Å²) in [6, 6.07) is 10.2. The van der Waals surface area contributed by atoms with Crippen molar-refractivity contribution in [2.45, 2.75) is 25.3 Å². The van der Waals surface area contributed by atoms with Crippen LogP contribution < -0.4 is 10.2 Å². The van der Waals surface area contributed by atoms with Gasteiger partial charge in [0.25, 0.3) is 5.91 Å². The van der Waals surface area contributed by atoms with Crippen LogP contribution in [0.15, 0.2) is 36.4 Å². The SMILES string of the molecule is C[NH+](CC(=O)Nc1ccc(F)c(F)c1F)[C@@H]1CCCc2ccccc21. The molecular formula is C19H20F3N2O+. The topological polar surface area (TPSA) is 33.5 Å². The highest BCUT2D eigenvalue weighted by Crippen LogP contribution is 2.27. The van der Waals surface area contributed by atoms with Crippen LogP contribution in [0.5, 0.6) is 0 Å². The lowest BCUT2D eigenvalue weighted by atomic mass is 9.87. The lowest BCUT2D eigenvalue weighted by molar-refractivity contribution is -0.905. The van der Waals surface area contributed by atoms with E-state index in [2.05, 4.69) is 17.4 Å². The van der Waals surface area contributed by atoms with Crippen LogP contribution in [0.1, 0.15) is 30.0 Å². The molecule has 0 radical (unpaired) electrons. The number of hydrogen-bond acceptors (Lipinski definition) is 1. The zero-order valence-corrected chi connectivity index (χ0v) is 13.9. The highest BCUT2D eigenvalue weighted by Gasteiger charge is 2.28. The van der Waals surface area contributed by atoms with Gasteiger partial charge in [-0.1, -0.05) is 24.3 Å². The largest absolute Gasteiger partial charge is 0.323 e. The maximum atomic E-state index is 13.7. The molecule has 0 fully saturated rings. The summed E-state index contributed by atoms with van der Waals surface area (Å²) < 4.78 is 39.9. The molecule has 0 aromatic heterocycles. The van der Waals surface area contributed by atoms with Gasteiger partial charge in [-0.25, -0.2) is 13.2 Å². The van der Waals surface area contributed by atoms with E-state index < -0.39 is 23.4 Å². The lowest BCUT2D eigenvalue weighted by Gasteiger charge is -2.30. The molecule has 1 aliphatic rings. The average Bonchev–Trinajstić information content (AvgIpc) is 2.61. The number of nitrogens with one attached hydrogen (secondary N) is 2. The molecule has 2 atom stereocenters. The first-order valence-corrected chi connectivity index (χ1v) is 8.31. The van der Waals surface area contributed by atoms with E-state index in [9.17, 15) is 18.0 Å². The number of anilines is 1. The van der Waals surface area contributed by atoms with Crippen LogP contribution in [0.2, 0.25) is 0 Å². The molecule has 3 rings (SSSR count). The van der Waals surface area contributed by atoms with Crippen molar-refractivity contribution in [3.05, 3.63) is 65.0 Å². The fraction of sp³-hybridized carbons (Fsp3) is 0.316. The standard InChI is InChI=1S/C19H19F3N2O/c1-24(16-8-4-6-12-5-2-3-7-13(12)16)11-17(25)23-15-10-9-14(20)18(21)19(15)22/h2-3,5,7,9-10,16H,4,6,8,11H2,1H3,(H,23,25)/p+1/t16-/m1/s1. The number of likely N-dealkylation sites (N-methyl/N-ethyl adjacent to an activating group) is 1. The third kappa shape index (κ3) is 3.69. The first-order chi connectivity index (χ1) is 12.0. The van der Waals surface area contributed by atoms with Crippen LogP contribution in [-0.4, -0.2) is 19.5 Å². The predicted octanol–water partition coefficient (Wildman–Crippen LogP) is 2.63. The number of rotatable bonds is 4. The van der Waals surface area contributed by atoms with Crippen LogP contribution >= 0.6 is 0 Å². The van der Waals surface area contributed by atoms with Crippen molar-refractivity contribution in [3.63, 3.8) is 0 Å². The molecule has 2 aromatic carbocycles. The minimum absolute atomic E-state index is 0.109. The van der Waals surface area contributed by atoms with Gasteiger partial charge in [0.2, 0.25) is 0 Å². The van der Waals surface area contributed by atoms with Crippen molar-refractivity contribution in [3.8, 4) is 0 Å². The minimum atomic E-state index is -1.58. The van der Waals surface area contributed by atoms with E-state index in [0.717, 1.165) is 36.3 Å². The third-order valence-electron chi connectivity index (χ3n) is 4.71. The smallest absolute Gasteiger partial charge is 0.279 e. The molecule has 3 nitrogen and oxygen atoms in total. The zero-order chi connectivity index (χ0) is 18.0. The Labute approximate surface area is 144 Å². The number of fused-ring (bicyclic) bond motifs is 1. The highest BCUT2D eigenvalue weighted by molar-refractivity contribution is 5.91. The maximum absolute atomic E-state index is 13.7. The number of quaternary nitrogens is 1. The number of carbonyl (C=O) groups is 1. The van der Waals surface area contributed by atoms with Gasteiger partial charge in [-0.2, -0.15) is 0 Å². The van der Waals surface area contributed by atoms with Gasteiger partial charge >= 0.3 is 0 Å². The van der Waals surface area contributed by atoms with E-state index in [1.807, 2.05) is 19.2 Å². The van der Waals surface area contributed by atoms with Gasteiger partial charge in [0.1, 0.15) is 6.04 Å². The van der Waals surface area contributed by atoms with Gasteiger partial charge in [-0.05, 0) is 30.5 Å². The van der Waals surface area contributed by atoms with E-state index in [1.54, 1.807) is 0 Å². The van der Waals surface area contributed by atoms with Gasteiger partial charge in [0, 0.05) is 12.0 Å². The summed E-state index contributed by atoms with van der Waals surface area (Å²) in [7, 11) is 1.91. The van der Waals surface area contributed by atoms with E-state index in [-0.39, 0.29) is 18.3 Å². The van der Waals surface area contributed by atoms with Crippen molar-refractivity contribution in [1.29, 1.82) is 0 Å². The Balaban J connectivity index is 1.69. The third-order valence-corrected chi connectivity index (χ3v) is 4.71. The summed E-state index contributed by atoms with van der Waals surface area (Å²) >= 11 is 0. The molecule has 0 saturated carbocycles. The van der Waals surface area contributed by atoms with Crippen LogP contribution in [0.3, 0.4) is 0 Å². The molecule has 2 aromatic rings. The first-order valence-electron chi connectivity index (χ1n) is 8.31. The van der Waals surface area contributed by atoms with Gasteiger partial charge in [0.05, 0.1) is 12.7 Å². The van der Waals surface area contributed by atoms with Gasteiger partial charge in [-0.3, -0.25) is 4.79 Å². The molecule has 0 spiro atoms. The summed E-state index contributed by atoms with van der Waals surface area (Å²) in [5, 5.41) is 2.33. The highest BCUT2D eigenvalue weighted by atomic mass is 19.2. The van der Waals surface area contributed by atoms with E-state index >= 15 is 0 Å². The molecule has 0 bridgehead atoms. The second kappa shape index (κ2) is 7.27. The Bertz CT molecular complexity index is 794. The van der Waals surface area contributed by atoms with E-state index in [0.29, 0.717) is 0 Å². The Morgan fingerprint density at radius 3 is 2.72 bits per heavy atom. The lowest BCUT2D eigenvalue weighted by Crippen LogP contribution is -3.10. The van der Waals surface area contributed by atoms with E-state index in [1.165, 1.54) is 11.1 Å². The summed E-state index contributed by atoms with van der Waals surface area (Å²) in [5.41, 5.74) is 2.18.